The number of carbonyl (C=O) groups excluding carboxylic acids is 1. The van der Waals surface area contributed by atoms with Gasteiger partial charge < -0.3 is 18.9 Å². The van der Waals surface area contributed by atoms with Crippen molar-refractivity contribution in [2.24, 2.45) is 0 Å². The minimum absolute atomic E-state index is 0.0656. The smallest absolute Gasteiger partial charge is 0.503 e. The lowest BCUT2D eigenvalue weighted by molar-refractivity contribution is -0.411. The molecule has 0 N–H and O–H groups in total. The molecule has 0 fully saturated rings. The Morgan fingerprint density at radius 3 is 2.20 bits per heavy atom. The van der Waals surface area contributed by atoms with E-state index in [2.05, 4.69) is 9.47 Å². The third kappa shape index (κ3) is 7.84. The molecule has 0 spiro atoms. The molecule has 2 aromatic carbocycles. The maximum atomic E-state index is 13.7. The first-order valence-corrected chi connectivity index (χ1v) is 10.0. The van der Waals surface area contributed by atoms with Crippen LogP contribution in [0.2, 0.25) is 10.0 Å². The highest BCUT2D eigenvalue weighted by Crippen LogP contribution is 2.41. The van der Waals surface area contributed by atoms with Crippen LogP contribution in [-0.4, -0.2) is 39.0 Å². The first-order valence-electron chi connectivity index (χ1n) is 9.26. The lowest BCUT2D eigenvalue weighted by Gasteiger charge is -2.23. The van der Waals surface area contributed by atoms with Crippen LogP contribution in [-0.2, 0) is 25.6 Å². The van der Waals surface area contributed by atoms with Gasteiger partial charge in [-0.2, -0.15) is 8.78 Å². The number of halogens is 8. The van der Waals surface area contributed by atoms with Crippen molar-refractivity contribution in [3.05, 3.63) is 63.8 Å². The summed E-state index contributed by atoms with van der Waals surface area (Å²) >= 11 is 11.7. The Morgan fingerprint density at radius 2 is 1.66 bits per heavy atom. The van der Waals surface area contributed by atoms with E-state index in [0.29, 0.717) is 11.1 Å². The lowest BCUT2D eigenvalue weighted by atomic mass is 10.0. The second-order valence-corrected chi connectivity index (χ2v) is 7.28. The molecular weight excluding hydrogens is 533 g/mol. The van der Waals surface area contributed by atoms with Crippen molar-refractivity contribution >= 4 is 34.7 Å². The Labute approximate surface area is 204 Å². The largest absolute Gasteiger partial charge is 0.525 e. The molecule has 0 aliphatic carbocycles. The molecule has 2 aromatic rings. The van der Waals surface area contributed by atoms with Crippen LogP contribution in [0.4, 0.5) is 26.3 Å². The number of benzene rings is 2. The standard InChI is InChI=1S/C21H16Cl2F6O6/c1-31-10-14(18(30)32-2)13-6-4-3-5-11(13)9-33-12-7-15(22)17(16(23)8-12)34-20(25,26)19(24)35-21(27,28)29/h3-8,10,19H,9H2,1-2H3. The molecular formula is C21H16Cl2F6O6. The summed E-state index contributed by atoms with van der Waals surface area (Å²) in [5.41, 5.74) is 0.958. The molecule has 0 saturated carbocycles. The third-order valence-corrected chi connectivity index (χ3v) is 4.62. The second-order valence-electron chi connectivity index (χ2n) is 6.46. The Bertz CT molecular complexity index is 1050. The van der Waals surface area contributed by atoms with Crippen molar-refractivity contribution in [3.8, 4) is 11.5 Å². The number of esters is 1. The van der Waals surface area contributed by atoms with Crippen LogP contribution in [0.5, 0.6) is 11.5 Å². The third-order valence-electron chi connectivity index (χ3n) is 4.05. The molecule has 0 radical (unpaired) electrons. The molecule has 2 rings (SSSR count). The van der Waals surface area contributed by atoms with Crippen LogP contribution in [0, 0.1) is 0 Å². The monoisotopic (exact) mass is 548 g/mol. The van der Waals surface area contributed by atoms with Gasteiger partial charge >= 0.3 is 24.8 Å². The van der Waals surface area contributed by atoms with Crippen LogP contribution in [0.15, 0.2) is 42.7 Å². The summed E-state index contributed by atoms with van der Waals surface area (Å²) in [6.45, 7) is -0.177. The maximum Gasteiger partial charge on any atom is 0.525 e. The van der Waals surface area contributed by atoms with Gasteiger partial charge in [0.15, 0.2) is 5.75 Å². The Balaban J connectivity index is 2.24. The normalized spacial score (nSPS) is 13.3. The number of hydrogen-bond donors (Lipinski definition) is 0. The molecule has 14 heteroatoms. The fraction of sp³-hybridized carbons (Fsp3) is 0.286. The number of ether oxygens (including phenoxy) is 5. The SMILES string of the molecule is COC=C(C(=O)OC)c1ccccc1COc1cc(Cl)c(OC(F)(F)C(F)OC(F)(F)F)c(Cl)c1. The van der Waals surface area contributed by atoms with E-state index in [0.717, 1.165) is 12.1 Å². The predicted molar refractivity (Wildman–Crippen MR) is 112 cm³/mol. The summed E-state index contributed by atoms with van der Waals surface area (Å²) in [5, 5.41) is -1.23. The summed E-state index contributed by atoms with van der Waals surface area (Å²) in [6.07, 6.45) is -13.8. The van der Waals surface area contributed by atoms with Gasteiger partial charge in [0.2, 0.25) is 0 Å². The van der Waals surface area contributed by atoms with Gasteiger partial charge in [-0.25, -0.2) is 13.9 Å². The Hall–Kier alpha value is -2.83. The van der Waals surface area contributed by atoms with Crippen molar-refractivity contribution in [1.82, 2.24) is 0 Å². The highest BCUT2D eigenvalue weighted by molar-refractivity contribution is 6.37. The van der Waals surface area contributed by atoms with Gasteiger partial charge in [0.05, 0.1) is 30.5 Å². The molecule has 0 saturated heterocycles. The van der Waals surface area contributed by atoms with Crippen molar-refractivity contribution in [3.63, 3.8) is 0 Å². The molecule has 192 valence electrons. The number of alkyl halides is 6. The quantitative estimate of drug-likeness (QED) is 0.145. The molecule has 6 nitrogen and oxygen atoms in total. The topological polar surface area (TPSA) is 63.2 Å². The highest BCUT2D eigenvalue weighted by Gasteiger charge is 2.51. The van der Waals surface area contributed by atoms with E-state index in [-0.39, 0.29) is 17.9 Å². The molecule has 1 unspecified atom stereocenters. The molecule has 0 bridgehead atoms. The summed E-state index contributed by atoms with van der Waals surface area (Å²) in [6, 6.07) is 8.43. The van der Waals surface area contributed by atoms with Crippen LogP contribution < -0.4 is 9.47 Å². The summed E-state index contributed by atoms with van der Waals surface area (Å²) in [5.74, 6) is -1.76. The number of carbonyl (C=O) groups is 1. The zero-order valence-electron chi connectivity index (χ0n) is 17.8. The van der Waals surface area contributed by atoms with Crippen molar-refractivity contribution in [1.29, 1.82) is 0 Å². The lowest BCUT2D eigenvalue weighted by Crippen LogP contribution is -2.41. The predicted octanol–water partition coefficient (Wildman–Crippen LogP) is 6.54. The summed E-state index contributed by atoms with van der Waals surface area (Å²) in [7, 11) is 2.52. The van der Waals surface area contributed by atoms with Gasteiger partial charge in [-0.05, 0) is 11.1 Å². The van der Waals surface area contributed by atoms with Crippen LogP contribution in [0.25, 0.3) is 5.57 Å². The average Bonchev–Trinajstić information content (AvgIpc) is 2.77. The summed E-state index contributed by atoms with van der Waals surface area (Å²) < 4.78 is 98.7. The van der Waals surface area contributed by atoms with Gasteiger partial charge in [0.25, 0.3) is 0 Å². The highest BCUT2D eigenvalue weighted by atomic mass is 35.5. The fourth-order valence-corrected chi connectivity index (χ4v) is 3.15. The van der Waals surface area contributed by atoms with Gasteiger partial charge in [0.1, 0.15) is 17.9 Å². The van der Waals surface area contributed by atoms with E-state index < -0.39 is 40.6 Å². The first-order chi connectivity index (χ1) is 16.3. The minimum atomic E-state index is -5.68. The van der Waals surface area contributed by atoms with Gasteiger partial charge in [-0.3, -0.25) is 0 Å². The summed E-state index contributed by atoms with van der Waals surface area (Å²) in [4.78, 5) is 12.1. The zero-order chi connectivity index (χ0) is 26.4. The van der Waals surface area contributed by atoms with Gasteiger partial charge in [0, 0.05) is 12.1 Å². The fourth-order valence-electron chi connectivity index (χ4n) is 2.61. The molecule has 35 heavy (non-hydrogen) atoms. The minimum Gasteiger partial charge on any atom is -0.503 e. The van der Waals surface area contributed by atoms with Crippen molar-refractivity contribution in [2.45, 2.75) is 25.4 Å². The van der Waals surface area contributed by atoms with Crippen LogP contribution in [0.1, 0.15) is 11.1 Å². The van der Waals surface area contributed by atoms with Crippen molar-refractivity contribution in [2.75, 3.05) is 14.2 Å². The first kappa shape index (κ1) is 28.4. The van der Waals surface area contributed by atoms with E-state index in [4.69, 9.17) is 37.4 Å². The van der Waals surface area contributed by atoms with E-state index >= 15 is 0 Å². The van der Waals surface area contributed by atoms with E-state index in [1.807, 2.05) is 0 Å². The van der Waals surface area contributed by atoms with Gasteiger partial charge in [-0.15, -0.1) is 13.2 Å². The molecule has 1 atom stereocenters. The molecule has 0 aromatic heterocycles. The van der Waals surface area contributed by atoms with Crippen LogP contribution >= 0.6 is 23.2 Å². The van der Waals surface area contributed by atoms with E-state index in [1.165, 1.54) is 20.5 Å². The Kier molecular flexibility index (Phi) is 9.52. The maximum absolute atomic E-state index is 13.7. The molecule has 0 heterocycles. The van der Waals surface area contributed by atoms with E-state index in [9.17, 15) is 31.1 Å². The number of hydrogen-bond acceptors (Lipinski definition) is 6. The molecule has 0 aliphatic heterocycles. The van der Waals surface area contributed by atoms with E-state index in [1.54, 1.807) is 24.3 Å². The molecule has 0 aliphatic rings. The number of rotatable bonds is 10. The zero-order valence-corrected chi connectivity index (χ0v) is 19.3. The molecule has 0 amide bonds. The second kappa shape index (κ2) is 11.7. The Morgan fingerprint density at radius 1 is 1.06 bits per heavy atom. The number of methoxy groups -OCH3 is 2. The van der Waals surface area contributed by atoms with Gasteiger partial charge in [-0.1, -0.05) is 47.5 Å². The van der Waals surface area contributed by atoms with Crippen LogP contribution in [0.3, 0.4) is 0 Å². The van der Waals surface area contributed by atoms with Crippen molar-refractivity contribution < 1.29 is 54.8 Å². The average molecular weight is 549 g/mol.